The molecule has 106 valence electrons. The Bertz CT molecular complexity index is 594. The lowest BCUT2D eigenvalue weighted by Crippen LogP contribution is -2.24. The summed E-state index contributed by atoms with van der Waals surface area (Å²) in [6.07, 6.45) is 7.16. The van der Waals surface area contributed by atoms with E-state index in [-0.39, 0.29) is 0 Å². The number of nitrogens with zero attached hydrogens (tertiary/aromatic N) is 2. The van der Waals surface area contributed by atoms with Gasteiger partial charge in [-0.05, 0) is 49.4 Å². The van der Waals surface area contributed by atoms with Gasteiger partial charge in [0.15, 0.2) is 0 Å². The van der Waals surface area contributed by atoms with Crippen LogP contribution in [-0.4, -0.2) is 18.1 Å². The van der Waals surface area contributed by atoms with Crippen LogP contribution in [0.5, 0.6) is 0 Å². The maximum atomic E-state index is 5.86. The van der Waals surface area contributed by atoms with Crippen molar-refractivity contribution in [2.75, 3.05) is 23.7 Å². The summed E-state index contributed by atoms with van der Waals surface area (Å²) in [5.41, 5.74) is 8.95. The van der Waals surface area contributed by atoms with Gasteiger partial charge in [-0.2, -0.15) is 0 Å². The molecule has 1 atom stereocenters. The van der Waals surface area contributed by atoms with Crippen molar-refractivity contribution in [2.24, 2.45) is 5.92 Å². The van der Waals surface area contributed by atoms with E-state index in [0.29, 0.717) is 0 Å². The fraction of sp³-hybridized carbons (Fsp3) is 0.471. The van der Waals surface area contributed by atoms with Crippen molar-refractivity contribution in [3.8, 4) is 0 Å². The third kappa shape index (κ3) is 2.58. The summed E-state index contributed by atoms with van der Waals surface area (Å²) < 4.78 is 0. The minimum atomic E-state index is 0.782. The quantitative estimate of drug-likeness (QED) is 0.842. The van der Waals surface area contributed by atoms with Crippen molar-refractivity contribution >= 4 is 22.3 Å². The molecule has 3 rings (SSSR count). The Morgan fingerprint density at radius 2 is 2.15 bits per heavy atom. The molecule has 1 fully saturated rings. The average Bonchev–Trinajstić information content (AvgIpc) is 2.71. The predicted molar refractivity (Wildman–Crippen MR) is 86.0 cm³/mol. The molecule has 2 heterocycles. The smallest absolute Gasteiger partial charge is 0.0743 e. The zero-order valence-corrected chi connectivity index (χ0v) is 12.2. The second-order valence-electron chi connectivity index (χ2n) is 5.80. The molecule has 1 aromatic heterocycles. The summed E-state index contributed by atoms with van der Waals surface area (Å²) in [7, 11) is 0. The molecule has 1 saturated heterocycles. The molecule has 0 radical (unpaired) electrons. The van der Waals surface area contributed by atoms with Crippen LogP contribution < -0.4 is 10.6 Å². The highest BCUT2D eigenvalue weighted by Gasteiger charge is 2.17. The van der Waals surface area contributed by atoms with Crippen LogP contribution in [0.25, 0.3) is 10.9 Å². The van der Waals surface area contributed by atoms with E-state index in [2.05, 4.69) is 28.9 Å². The molecule has 0 aliphatic carbocycles. The van der Waals surface area contributed by atoms with E-state index in [0.717, 1.165) is 30.2 Å². The number of nitrogens with two attached hydrogens (primary N) is 1. The normalized spacial score (nSPS) is 20.1. The number of hydrogen-bond donors (Lipinski definition) is 1. The minimum Gasteiger partial charge on any atom is -0.399 e. The first kappa shape index (κ1) is 13.2. The average molecular weight is 269 g/mol. The van der Waals surface area contributed by atoms with Crippen LogP contribution in [0.3, 0.4) is 0 Å². The molecule has 3 heteroatoms. The van der Waals surface area contributed by atoms with Gasteiger partial charge < -0.3 is 10.6 Å². The summed E-state index contributed by atoms with van der Waals surface area (Å²) in [6, 6.07) is 8.19. The zero-order valence-electron chi connectivity index (χ0n) is 12.2. The number of hydrogen-bond acceptors (Lipinski definition) is 3. The molecule has 20 heavy (non-hydrogen) atoms. The van der Waals surface area contributed by atoms with Crippen molar-refractivity contribution in [3.05, 3.63) is 30.5 Å². The number of fused-ring (bicyclic) bond motifs is 1. The van der Waals surface area contributed by atoms with Gasteiger partial charge in [0, 0.05) is 36.0 Å². The maximum absolute atomic E-state index is 5.86. The molecule has 1 aromatic carbocycles. The van der Waals surface area contributed by atoms with Gasteiger partial charge >= 0.3 is 0 Å². The van der Waals surface area contributed by atoms with Gasteiger partial charge in [-0.15, -0.1) is 0 Å². The largest absolute Gasteiger partial charge is 0.399 e. The summed E-state index contributed by atoms with van der Waals surface area (Å²) in [5.74, 6) is 0.892. The van der Waals surface area contributed by atoms with Gasteiger partial charge in [0.2, 0.25) is 0 Å². The molecule has 3 nitrogen and oxygen atoms in total. The summed E-state index contributed by atoms with van der Waals surface area (Å²) in [6.45, 7) is 4.62. The lowest BCUT2D eigenvalue weighted by Gasteiger charge is -2.24. The van der Waals surface area contributed by atoms with Gasteiger partial charge in [-0.25, -0.2) is 0 Å². The van der Waals surface area contributed by atoms with E-state index in [1.165, 1.54) is 36.8 Å². The van der Waals surface area contributed by atoms with Crippen LogP contribution in [-0.2, 0) is 0 Å². The van der Waals surface area contributed by atoms with Crippen LogP contribution in [0.4, 0.5) is 11.4 Å². The van der Waals surface area contributed by atoms with Gasteiger partial charge in [0.05, 0.1) is 5.52 Å². The van der Waals surface area contributed by atoms with Crippen molar-refractivity contribution in [1.82, 2.24) is 4.98 Å². The van der Waals surface area contributed by atoms with E-state index >= 15 is 0 Å². The Kier molecular flexibility index (Phi) is 3.77. The Labute approximate surface area is 120 Å². The first-order valence-electron chi connectivity index (χ1n) is 7.67. The van der Waals surface area contributed by atoms with Gasteiger partial charge in [0.25, 0.3) is 0 Å². The summed E-state index contributed by atoms with van der Waals surface area (Å²) >= 11 is 0. The lowest BCUT2D eigenvalue weighted by atomic mass is 9.98. The maximum Gasteiger partial charge on any atom is 0.0743 e. The number of nitrogen functional groups attached to an aromatic ring is 1. The highest BCUT2D eigenvalue weighted by Crippen LogP contribution is 2.30. The molecule has 1 unspecified atom stereocenters. The number of pyridine rings is 1. The highest BCUT2D eigenvalue weighted by molar-refractivity contribution is 5.93. The standard InChI is InChI=1S/C17H23N3/c1-2-13-4-3-10-20(11-8-13)17-7-9-19-16-12-14(18)5-6-15(16)17/h5-7,9,12-13H,2-4,8,10-11,18H2,1H3. The molecule has 0 amide bonds. The fourth-order valence-electron chi connectivity index (χ4n) is 3.24. The van der Waals surface area contributed by atoms with Gasteiger partial charge in [-0.1, -0.05) is 13.3 Å². The van der Waals surface area contributed by atoms with E-state index in [4.69, 9.17) is 5.73 Å². The molecule has 2 aromatic rings. The monoisotopic (exact) mass is 269 g/mol. The first-order valence-corrected chi connectivity index (χ1v) is 7.67. The van der Waals surface area contributed by atoms with Crippen LogP contribution in [0, 0.1) is 5.92 Å². The second kappa shape index (κ2) is 5.70. The molecule has 0 saturated carbocycles. The van der Waals surface area contributed by atoms with E-state index < -0.39 is 0 Å². The van der Waals surface area contributed by atoms with Gasteiger partial charge in [0.1, 0.15) is 0 Å². The number of benzene rings is 1. The SMILES string of the molecule is CCC1CCCN(c2ccnc3cc(N)ccc23)CC1. The Hall–Kier alpha value is -1.77. The molecular formula is C17H23N3. The Balaban J connectivity index is 1.93. The number of aromatic nitrogens is 1. The molecule has 1 aliphatic rings. The van der Waals surface area contributed by atoms with Crippen molar-refractivity contribution in [1.29, 1.82) is 0 Å². The summed E-state index contributed by atoms with van der Waals surface area (Å²) in [5, 5.41) is 1.22. The fourth-order valence-corrected chi connectivity index (χ4v) is 3.24. The Morgan fingerprint density at radius 3 is 3.00 bits per heavy atom. The molecule has 2 N–H and O–H groups in total. The predicted octanol–water partition coefficient (Wildman–Crippen LogP) is 3.83. The van der Waals surface area contributed by atoms with Crippen molar-refractivity contribution < 1.29 is 0 Å². The zero-order chi connectivity index (χ0) is 13.9. The van der Waals surface area contributed by atoms with Gasteiger partial charge in [-0.3, -0.25) is 4.98 Å². The van der Waals surface area contributed by atoms with Crippen molar-refractivity contribution in [3.63, 3.8) is 0 Å². The third-order valence-corrected chi connectivity index (χ3v) is 4.51. The highest BCUT2D eigenvalue weighted by atomic mass is 15.1. The molecule has 0 spiro atoms. The second-order valence-corrected chi connectivity index (χ2v) is 5.80. The lowest BCUT2D eigenvalue weighted by molar-refractivity contribution is 0.459. The topological polar surface area (TPSA) is 42.2 Å². The third-order valence-electron chi connectivity index (χ3n) is 4.51. The minimum absolute atomic E-state index is 0.782. The van der Waals surface area contributed by atoms with Crippen LogP contribution >= 0.6 is 0 Å². The van der Waals surface area contributed by atoms with Crippen LogP contribution in [0.2, 0.25) is 0 Å². The van der Waals surface area contributed by atoms with E-state index in [1.807, 2.05) is 18.3 Å². The first-order chi connectivity index (χ1) is 9.78. The number of rotatable bonds is 2. The molecule has 1 aliphatic heterocycles. The summed E-state index contributed by atoms with van der Waals surface area (Å²) in [4.78, 5) is 6.97. The van der Waals surface area contributed by atoms with Crippen LogP contribution in [0.1, 0.15) is 32.6 Å². The number of anilines is 2. The van der Waals surface area contributed by atoms with E-state index in [9.17, 15) is 0 Å². The molecule has 0 bridgehead atoms. The van der Waals surface area contributed by atoms with Crippen LogP contribution in [0.15, 0.2) is 30.5 Å². The van der Waals surface area contributed by atoms with Crippen molar-refractivity contribution in [2.45, 2.75) is 32.6 Å². The Morgan fingerprint density at radius 1 is 1.25 bits per heavy atom. The molecular weight excluding hydrogens is 246 g/mol. The van der Waals surface area contributed by atoms with E-state index in [1.54, 1.807) is 0 Å².